The number of esters is 1. The molecule has 0 bridgehead atoms. The number of carbonyl (C=O) groups is 2. The molecule has 26 heavy (non-hydrogen) atoms. The van der Waals surface area contributed by atoms with Crippen molar-refractivity contribution in [2.45, 2.75) is 44.2 Å². The molecule has 2 atom stereocenters. The number of hydrogen-bond acceptors (Lipinski definition) is 6. The van der Waals surface area contributed by atoms with Gasteiger partial charge in [0, 0.05) is 12.2 Å². The van der Waals surface area contributed by atoms with Crippen LogP contribution in [0.5, 0.6) is 0 Å². The van der Waals surface area contributed by atoms with E-state index in [0.717, 1.165) is 12.0 Å². The number of rotatable bonds is 3. The van der Waals surface area contributed by atoms with Crippen molar-refractivity contribution >= 4 is 34.5 Å². The van der Waals surface area contributed by atoms with Crippen LogP contribution in [0.1, 0.15) is 31.2 Å². The second-order valence-electron chi connectivity index (χ2n) is 6.86. The lowest BCUT2D eigenvalue weighted by Gasteiger charge is -2.29. The fraction of sp³-hybridized carbons (Fsp3) is 0.444. The molecule has 4 rings (SSSR count). The fourth-order valence-electron chi connectivity index (χ4n) is 3.65. The van der Waals surface area contributed by atoms with Gasteiger partial charge in [-0.25, -0.2) is 9.78 Å². The number of benzene rings is 1. The zero-order valence-corrected chi connectivity index (χ0v) is 15.4. The number of thioether (sulfide) groups is 1. The van der Waals surface area contributed by atoms with Crippen molar-refractivity contribution in [2.75, 3.05) is 5.75 Å². The van der Waals surface area contributed by atoms with Gasteiger partial charge in [0.05, 0.1) is 15.8 Å². The van der Waals surface area contributed by atoms with E-state index in [1.807, 2.05) is 19.9 Å². The van der Waals surface area contributed by atoms with Crippen LogP contribution in [-0.4, -0.2) is 43.4 Å². The second kappa shape index (κ2) is 6.12. The van der Waals surface area contributed by atoms with Gasteiger partial charge in [-0.15, -0.1) is 11.8 Å². The highest BCUT2D eigenvalue weighted by molar-refractivity contribution is 8.01. The maximum atomic E-state index is 12.5. The topological polar surface area (TPSA) is 92.4 Å². The summed E-state index contributed by atoms with van der Waals surface area (Å²) in [6.45, 7) is 3.74. The van der Waals surface area contributed by atoms with Crippen molar-refractivity contribution in [3.8, 4) is 0 Å². The van der Waals surface area contributed by atoms with Gasteiger partial charge in [-0.2, -0.15) is 0 Å². The van der Waals surface area contributed by atoms with E-state index in [-0.39, 0.29) is 22.9 Å². The largest absolute Gasteiger partial charge is 0.456 e. The minimum absolute atomic E-state index is 0.00712. The quantitative estimate of drug-likeness (QED) is 0.824. The van der Waals surface area contributed by atoms with Crippen LogP contribution in [0.15, 0.2) is 23.0 Å². The summed E-state index contributed by atoms with van der Waals surface area (Å²) in [5, 5.41) is 0.505. The van der Waals surface area contributed by atoms with Crippen LogP contribution >= 0.6 is 11.8 Å². The third-order valence-electron chi connectivity index (χ3n) is 5.06. The number of aromatic nitrogens is 2. The Morgan fingerprint density at radius 2 is 2.27 bits per heavy atom. The summed E-state index contributed by atoms with van der Waals surface area (Å²) in [6.07, 6.45) is 1.21. The molecule has 0 radical (unpaired) electrons. The van der Waals surface area contributed by atoms with E-state index in [4.69, 9.17) is 4.74 Å². The molecule has 0 saturated carbocycles. The van der Waals surface area contributed by atoms with E-state index >= 15 is 0 Å². The molecule has 7 nitrogen and oxygen atoms in total. The molecule has 1 aromatic carbocycles. The first kappa shape index (κ1) is 17.1. The standard InChI is InChI=1S/C18H19N3O4S/c1-10-4-3-5-11-15(10)19-13(20-16(11)23)8-25-17(24)12-9-26-18(2)7-6-14(22)21(12)18/h3-5,12H,6-9H2,1-2H3,(H,19,20,23)/t12-,18-/m0/s1. The van der Waals surface area contributed by atoms with Crippen molar-refractivity contribution in [1.82, 2.24) is 14.9 Å². The monoisotopic (exact) mass is 373 g/mol. The zero-order valence-electron chi connectivity index (χ0n) is 14.6. The summed E-state index contributed by atoms with van der Waals surface area (Å²) < 4.78 is 5.38. The molecule has 1 aromatic heterocycles. The number of nitrogens with one attached hydrogen (secondary N) is 1. The summed E-state index contributed by atoms with van der Waals surface area (Å²) in [4.78, 5) is 45.2. The average Bonchev–Trinajstić information content (AvgIpc) is 3.10. The Kier molecular flexibility index (Phi) is 4.02. The second-order valence-corrected chi connectivity index (χ2v) is 8.36. The molecule has 2 aliphatic heterocycles. The fourth-order valence-corrected chi connectivity index (χ4v) is 5.07. The van der Waals surface area contributed by atoms with E-state index in [0.29, 0.717) is 28.9 Å². The SMILES string of the molecule is Cc1cccc2c(=O)[nH]c(COC(=O)[C@@H]3CS[C@@]4(C)CCC(=O)N34)nc12. The Hall–Kier alpha value is -2.35. The number of nitrogens with zero attached hydrogens (tertiary/aromatic N) is 2. The highest BCUT2D eigenvalue weighted by Gasteiger charge is 2.53. The zero-order chi connectivity index (χ0) is 18.5. The Balaban J connectivity index is 1.52. The Morgan fingerprint density at radius 1 is 1.46 bits per heavy atom. The van der Waals surface area contributed by atoms with Gasteiger partial charge in [-0.05, 0) is 31.9 Å². The molecular weight excluding hydrogens is 354 g/mol. The van der Waals surface area contributed by atoms with Gasteiger partial charge in [0.2, 0.25) is 5.91 Å². The lowest BCUT2D eigenvalue weighted by atomic mass is 10.1. The van der Waals surface area contributed by atoms with Crippen molar-refractivity contribution in [3.05, 3.63) is 39.9 Å². The van der Waals surface area contributed by atoms with Gasteiger partial charge in [-0.3, -0.25) is 9.59 Å². The van der Waals surface area contributed by atoms with Crippen LogP contribution in [0.25, 0.3) is 10.9 Å². The van der Waals surface area contributed by atoms with Crippen molar-refractivity contribution in [1.29, 1.82) is 0 Å². The third kappa shape index (κ3) is 2.68. The summed E-state index contributed by atoms with van der Waals surface area (Å²) in [6, 6.07) is 4.81. The van der Waals surface area contributed by atoms with Gasteiger partial charge < -0.3 is 14.6 Å². The Morgan fingerprint density at radius 3 is 3.08 bits per heavy atom. The molecule has 2 saturated heterocycles. The molecule has 3 heterocycles. The van der Waals surface area contributed by atoms with Crippen LogP contribution in [0.4, 0.5) is 0 Å². The summed E-state index contributed by atoms with van der Waals surface area (Å²) in [5.74, 6) is 0.365. The van der Waals surface area contributed by atoms with Gasteiger partial charge in [0.25, 0.3) is 5.56 Å². The summed E-state index contributed by atoms with van der Waals surface area (Å²) in [5.41, 5.74) is 1.22. The van der Waals surface area contributed by atoms with E-state index in [1.165, 1.54) is 0 Å². The predicted octanol–water partition coefficient (Wildman–Crippen LogP) is 1.73. The number of aryl methyl sites for hydroxylation is 1. The first-order chi connectivity index (χ1) is 12.4. The number of ether oxygens (including phenoxy) is 1. The smallest absolute Gasteiger partial charge is 0.330 e. The molecule has 0 spiro atoms. The van der Waals surface area contributed by atoms with E-state index < -0.39 is 12.0 Å². The van der Waals surface area contributed by atoms with Gasteiger partial charge >= 0.3 is 5.97 Å². The molecule has 8 heteroatoms. The normalized spacial score (nSPS) is 24.9. The van der Waals surface area contributed by atoms with Crippen molar-refractivity contribution in [3.63, 3.8) is 0 Å². The van der Waals surface area contributed by atoms with E-state index in [9.17, 15) is 14.4 Å². The number of aromatic amines is 1. The number of amides is 1. The van der Waals surface area contributed by atoms with Crippen molar-refractivity contribution in [2.24, 2.45) is 0 Å². The highest BCUT2D eigenvalue weighted by atomic mass is 32.2. The minimum atomic E-state index is -0.575. The van der Waals surface area contributed by atoms with Crippen LogP contribution < -0.4 is 5.56 Å². The van der Waals surface area contributed by atoms with Crippen LogP contribution in [0.2, 0.25) is 0 Å². The lowest BCUT2D eigenvalue weighted by Crippen LogP contribution is -2.46. The van der Waals surface area contributed by atoms with Gasteiger partial charge in [0.15, 0.2) is 0 Å². The molecule has 0 aliphatic carbocycles. The molecule has 136 valence electrons. The van der Waals surface area contributed by atoms with Crippen LogP contribution in [0.3, 0.4) is 0 Å². The maximum absolute atomic E-state index is 12.5. The molecule has 1 amide bonds. The number of hydrogen-bond donors (Lipinski definition) is 1. The molecule has 2 aromatic rings. The summed E-state index contributed by atoms with van der Waals surface area (Å²) in [7, 11) is 0. The molecule has 2 fully saturated rings. The number of carbonyl (C=O) groups excluding carboxylic acids is 2. The number of para-hydroxylation sites is 1. The Labute approximate surface area is 154 Å². The molecular formula is C18H19N3O4S. The highest BCUT2D eigenvalue weighted by Crippen LogP contribution is 2.47. The van der Waals surface area contributed by atoms with Crippen molar-refractivity contribution < 1.29 is 14.3 Å². The van der Waals surface area contributed by atoms with E-state index in [2.05, 4.69) is 9.97 Å². The average molecular weight is 373 g/mol. The van der Waals surface area contributed by atoms with Gasteiger partial charge in [-0.1, -0.05) is 12.1 Å². The lowest BCUT2D eigenvalue weighted by molar-refractivity contribution is -0.154. The predicted molar refractivity (Wildman–Crippen MR) is 97.6 cm³/mol. The molecule has 0 unspecified atom stereocenters. The summed E-state index contributed by atoms with van der Waals surface area (Å²) >= 11 is 1.61. The first-order valence-corrected chi connectivity index (χ1v) is 9.49. The number of fused-ring (bicyclic) bond motifs is 2. The number of H-pyrrole nitrogens is 1. The minimum Gasteiger partial charge on any atom is -0.456 e. The van der Waals surface area contributed by atoms with Crippen LogP contribution in [0, 0.1) is 6.92 Å². The molecule has 1 N–H and O–H groups in total. The van der Waals surface area contributed by atoms with E-state index in [1.54, 1.807) is 28.8 Å². The van der Waals surface area contributed by atoms with Gasteiger partial charge in [0.1, 0.15) is 18.5 Å². The first-order valence-electron chi connectivity index (χ1n) is 8.50. The van der Waals surface area contributed by atoms with Crippen LogP contribution in [-0.2, 0) is 20.9 Å². The Bertz CT molecular complexity index is 973. The maximum Gasteiger partial charge on any atom is 0.330 e. The molecule has 2 aliphatic rings. The third-order valence-corrected chi connectivity index (χ3v) is 6.56.